The van der Waals surface area contributed by atoms with Crippen molar-refractivity contribution in [1.82, 2.24) is 4.98 Å². The van der Waals surface area contributed by atoms with Gasteiger partial charge in [-0.05, 0) is 13.8 Å². The number of halogens is 1. The van der Waals surface area contributed by atoms with Gasteiger partial charge in [0.25, 0.3) is 0 Å². The number of hydrogen-bond acceptors (Lipinski definition) is 3. The molecule has 0 saturated heterocycles. The lowest BCUT2D eigenvalue weighted by Gasteiger charge is -2.01. The smallest absolute Gasteiger partial charge is 0.243 e. The van der Waals surface area contributed by atoms with Crippen LogP contribution in [0.4, 0.5) is 5.13 Å². The number of alkyl halides is 1. The molecule has 12 heavy (non-hydrogen) atoms. The van der Waals surface area contributed by atoms with Crippen molar-refractivity contribution in [2.75, 3.05) is 5.32 Å². The van der Waals surface area contributed by atoms with Crippen LogP contribution in [0.5, 0.6) is 0 Å². The Morgan fingerprint density at radius 2 is 2.50 bits per heavy atom. The maximum Gasteiger partial charge on any atom is 0.243 e. The molecule has 0 unspecified atom stereocenters. The summed E-state index contributed by atoms with van der Waals surface area (Å²) in [6.07, 6.45) is 1.71. The zero-order valence-corrected chi connectivity index (χ0v) is 8.37. The number of nitrogens with one attached hydrogen (secondary N) is 1. The molecule has 0 radical (unpaired) electrons. The number of rotatable bonds is 2. The Balaban J connectivity index is 2.58. The molecule has 0 spiro atoms. The number of aryl methyl sites for hydroxylation is 1. The van der Waals surface area contributed by atoms with Crippen LogP contribution in [0.3, 0.4) is 0 Å². The molecule has 5 heteroatoms. The highest BCUT2D eigenvalue weighted by Crippen LogP contribution is 2.16. The largest absolute Gasteiger partial charge is 0.301 e. The molecule has 3 nitrogen and oxygen atoms in total. The van der Waals surface area contributed by atoms with Gasteiger partial charge < -0.3 is 5.32 Å². The van der Waals surface area contributed by atoms with E-state index in [0.717, 1.165) is 4.88 Å². The lowest BCUT2D eigenvalue weighted by atomic mass is 10.4. The summed E-state index contributed by atoms with van der Waals surface area (Å²) in [5, 5.41) is 2.68. The molecule has 0 aromatic carbocycles. The minimum Gasteiger partial charge on any atom is -0.301 e. The van der Waals surface area contributed by atoms with Gasteiger partial charge >= 0.3 is 0 Å². The number of amides is 1. The molecule has 1 N–H and O–H groups in total. The molecule has 1 atom stereocenters. The van der Waals surface area contributed by atoms with Crippen LogP contribution in [-0.4, -0.2) is 16.3 Å². The van der Waals surface area contributed by atoms with Crippen LogP contribution >= 0.6 is 22.9 Å². The molecular formula is C7H9ClN2OS. The normalized spacial score (nSPS) is 12.6. The molecular weight excluding hydrogens is 196 g/mol. The molecule has 66 valence electrons. The number of anilines is 1. The van der Waals surface area contributed by atoms with Crippen LogP contribution in [0.25, 0.3) is 0 Å². The van der Waals surface area contributed by atoms with Crippen molar-refractivity contribution in [3.8, 4) is 0 Å². The fraction of sp³-hybridized carbons (Fsp3) is 0.429. The van der Waals surface area contributed by atoms with Gasteiger partial charge in [0, 0.05) is 11.1 Å². The van der Waals surface area contributed by atoms with Crippen molar-refractivity contribution in [1.29, 1.82) is 0 Å². The van der Waals surface area contributed by atoms with Gasteiger partial charge in [0.2, 0.25) is 5.91 Å². The van der Waals surface area contributed by atoms with E-state index in [1.54, 1.807) is 13.1 Å². The summed E-state index contributed by atoms with van der Waals surface area (Å²) < 4.78 is 0. The van der Waals surface area contributed by atoms with Gasteiger partial charge in [-0.3, -0.25) is 4.79 Å². The van der Waals surface area contributed by atoms with Crippen molar-refractivity contribution in [2.45, 2.75) is 19.2 Å². The second kappa shape index (κ2) is 3.87. The molecule has 0 aliphatic carbocycles. The van der Waals surface area contributed by atoms with E-state index in [2.05, 4.69) is 10.3 Å². The van der Waals surface area contributed by atoms with E-state index in [1.165, 1.54) is 11.3 Å². The summed E-state index contributed by atoms with van der Waals surface area (Å²) >= 11 is 6.98. The SMILES string of the molecule is Cc1cnc(NC(=O)[C@@H](C)Cl)s1. The highest BCUT2D eigenvalue weighted by Gasteiger charge is 2.10. The average Bonchev–Trinajstić information content (AvgIpc) is 2.35. The molecule has 1 aromatic heterocycles. The van der Waals surface area contributed by atoms with E-state index in [1.807, 2.05) is 6.92 Å². The lowest BCUT2D eigenvalue weighted by Crippen LogP contribution is -2.19. The molecule has 0 aliphatic heterocycles. The molecule has 0 bridgehead atoms. The Kier molecular flexibility index (Phi) is 3.05. The van der Waals surface area contributed by atoms with Gasteiger partial charge in [-0.2, -0.15) is 0 Å². The summed E-state index contributed by atoms with van der Waals surface area (Å²) in [6, 6.07) is 0. The van der Waals surface area contributed by atoms with Crippen LogP contribution in [0, 0.1) is 6.92 Å². The van der Waals surface area contributed by atoms with E-state index in [0.29, 0.717) is 5.13 Å². The van der Waals surface area contributed by atoms with E-state index in [-0.39, 0.29) is 5.91 Å². The van der Waals surface area contributed by atoms with Crippen LogP contribution in [0.1, 0.15) is 11.8 Å². The average molecular weight is 205 g/mol. The highest BCUT2D eigenvalue weighted by molar-refractivity contribution is 7.15. The third kappa shape index (κ3) is 2.46. The van der Waals surface area contributed by atoms with Crippen molar-refractivity contribution in [3.05, 3.63) is 11.1 Å². The van der Waals surface area contributed by atoms with E-state index in [9.17, 15) is 4.79 Å². The second-order valence-electron chi connectivity index (χ2n) is 2.38. The summed E-state index contributed by atoms with van der Waals surface area (Å²) in [6.45, 7) is 3.55. The predicted octanol–water partition coefficient (Wildman–Crippen LogP) is 2.02. The zero-order chi connectivity index (χ0) is 9.14. The molecule has 1 rings (SSSR count). The Hall–Kier alpha value is -0.610. The third-order valence-corrected chi connectivity index (χ3v) is 2.24. The van der Waals surface area contributed by atoms with Crippen LogP contribution < -0.4 is 5.32 Å². The number of thiazole rings is 1. The minimum absolute atomic E-state index is 0.217. The zero-order valence-electron chi connectivity index (χ0n) is 6.80. The monoisotopic (exact) mass is 204 g/mol. The molecule has 1 aromatic rings. The number of hydrogen-bond donors (Lipinski definition) is 1. The van der Waals surface area contributed by atoms with Gasteiger partial charge in [-0.25, -0.2) is 4.98 Å². The van der Waals surface area contributed by atoms with Crippen molar-refractivity contribution in [2.24, 2.45) is 0 Å². The van der Waals surface area contributed by atoms with Gasteiger partial charge in [-0.1, -0.05) is 0 Å². The quantitative estimate of drug-likeness (QED) is 0.749. The van der Waals surface area contributed by atoms with E-state index in [4.69, 9.17) is 11.6 Å². The van der Waals surface area contributed by atoms with Crippen molar-refractivity contribution < 1.29 is 4.79 Å². The first-order valence-corrected chi connectivity index (χ1v) is 4.72. The predicted molar refractivity (Wildman–Crippen MR) is 50.8 cm³/mol. The van der Waals surface area contributed by atoms with Crippen molar-refractivity contribution in [3.63, 3.8) is 0 Å². The Labute approximate surface area is 79.8 Å². The maximum atomic E-state index is 11.0. The van der Waals surface area contributed by atoms with E-state index >= 15 is 0 Å². The molecule has 0 saturated carbocycles. The molecule has 0 aliphatic rings. The Morgan fingerprint density at radius 3 is 2.92 bits per heavy atom. The maximum absolute atomic E-state index is 11.0. The lowest BCUT2D eigenvalue weighted by molar-refractivity contribution is -0.115. The highest BCUT2D eigenvalue weighted by atomic mass is 35.5. The first-order valence-electron chi connectivity index (χ1n) is 3.47. The summed E-state index contributed by atoms with van der Waals surface area (Å²) in [4.78, 5) is 16.1. The third-order valence-electron chi connectivity index (χ3n) is 1.21. The van der Waals surface area contributed by atoms with Crippen LogP contribution in [0.2, 0.25) is 0 Å². The first-order chi connectivity index (χ1) is 5.59. The van der Waals surface area contributed by atoms with Crippen LogP contribution in [0.15, 0.2) is 6.20 Å². The molecule has 1 amide bonds. The van der Waals surface area contributed by atoms with Gasteiger partial charge in [0.15, 0.2) is 5.13 Å². The van der Waals surface area contributed by atoms with Gasteiger partial charge in [-0.15, -0.1) is 22.9 Å². The summed E-state index contributed by atoms with van der Waals surface area (Å²) in [7, 11) is 0. The van der Waals surface area contributed by atoms with Crippen molar-refractivity contribution >= 4 is 34.0 Å². The second-order valence-corrected chi connectivity index (χ2v) is 4.27. The van der Waals surface area contributed by atoms with Gasteiger partial charge in [0.1, 0.15) is 5.38 Å². The minimum atomic E-state index is -0.519. The number of nitrogens with zero attached hydrogens (tertiary/aromatic N) is 1. The molecule has 1 heterocycles. The Morgan fingerprint density at radius 1 is 1.83 bits per heavy atom. The Bertz CT molecular complexity index is 285. The standard InChI is InChI=1S/C7H9ClN2OS/c1-4-3-9-7(12-4)10-6(11)5(2)8/h3,5H,1-2H3,(H,9,10,11)/t5-/m1/s1. The summed E-state index contributed by atoms with van der Waals surface area (Å²) in [5.41, 5.74) is 0. The molecule has 0 fully saturated rings. The number of aromatic nitrogens is 1. The summed E-state index contributed by atoms with van der Waals surface area (Å²) in [5.74, 6) is -0.217. The van der Waals surface area contributed by atoms with Gasteiger partial charge in [0.05, 0.1) is 0 Å². The fourth-order valence-electron chi connectivity index (χ4n) is 0.617. The van der Waals surface area contributed by atoms with Crippen LogP contribution in [-0.2, 0) is 4.79 Å². The first kappa shape index (κ1) is 9.48. The fourth-order valence-corrected chi connectivity index (χ4v) is 1.34. The number of carbonyl (C=O) groups is 1. The number of carbonyl (C=O) groups excluding carboxylic acids is 1. The van der Waals surface area contributed by atoms with E-state index < -0.39 is 5.38 Å². The topological polar surface area (TPSA) is 42.0 Å².